The van der Waals surface area contributed by atoms with E-state index in [1.54, 1.807) is 18.2 Å². The van der Waals surface area contributed by atoms with Crippen molar-refractivity contribution in [2.45, 2.75) is 45.1 Å². The van der Waals surface area contributed by atoms with Crippen LogP contribution in [0.25, 0.3) is 0 Å². The van der Waals surface area contributed by atoms with Crippen molar-refractivity contribution in [2.24, 2.45) is 5.92 Å². The highest BCUT2D eigenvalue weighted by molar-refractivity contribution is 6.04. The first-order valence-corrected chi connectivity index (χ1v) is 14.7. The van der Waals surface area contributed by atoms with Crippen molar-refractivity contribution in [3.05, 3.63) is 83.9 Å². The van der Waals surface area contributed by atoms with Crippen LogP contribution in [0.1, 0.15) is 48.5 Å². The maximum atomic E-state index is 13.5. The van der Waals surface area contributed by atoms with E-state index < -0.39 is 0 Å². The average Bonchev–Trinajstić information content (AvgIpc) is 3.52. The Morgan fingerprint density at radius 2 is 1.66 bits per heavy atom. The van der Waals surface area contributed by atoms with Gasteiger partial charge in [-0.2, -0.15) is 0 Å². The Morgan fingerprint density at radius 1 is 0.927 bits per heavy atom. The summed E-state index contributed by atoms with van der Waals surface area (Å²) < 4.78 is 11.2. The summed E-state index contributed by atoms with van der Waals surface area (Å²) >= 11 is 0. The van der Waals surface area contributed by atoms with Gasteiger partial charge in [-0.15, -0.1) is 0 Å². The van der Waals surface area contributed by atoms with Crippen molar-refractivity contribution in [2.75, 3.05) is 48.4 Å². The van der Waals surface area contributed by atoms with Crippen LogP contribution >= 0.6 is 0 Å². The molecule has 2 heterocycles. The predicted octanol–water partition coefficient (Wildman–Crippen LogP) is 6.10. The van der Waals surface area contributed by atoms with Crippen LogP contribution < -0.4 is 25.6 Å². The van der Waals surface area contributed by atoms with Gasteiger partial charge in [-0.3, -0.25) is 4.79 Å². The van der Waals surface area contributed by atoms with Gasteiger partial charge in [-0.05, 0) is 93.0 Å². The predicted molar refractivity (Wildman–Crippen MR) is 163 cm³/mol. The Bertz CT molecular complexity index is 1280. The number of rotatable bonds is 10. The third kappa shape index (κ3) is 8.01. The first-order valence-electron chi connectivity index (χ1n) is 14.7. The second-order valence-corrected chi connectivity index (χ2v) is 10.7. The van der Waals surface area contributed by atoms with Gasteiger partial charge >= 0.3 is 6.03 Å². The molecule has 0 aliphatic carbocycles. The van der Waals surface area contributed by atoms with Crippen LogP contribution in [0.2, 0.25) is 0 Å². The van der Waals surface area contributed by atoms with Gasteiger partial charge in [0.1, 0.15) is 5.75 Å². The molecular formula is C33H40N4O4. The zero-order valence-electron chi connectivity index (χ0n) is 23.7. The van der Waals surface area contributed by atoms with Gasteiger partial charge in [0.25, 0.3) is 5.91 Å². The summed E-state index contributed by atoms with van der Waals surface area (Å²) in [5, 5.41) is 8.79. The molecule has 0 aromatic heterocycles. The van der Waals surface area contributed by atoms with E-state index in [1.807, 2.05) is 31.2 Å². The van der Waals surface area contributed by atoms with Crippen LogP contribution in [0.15, 0.2) is 72.8 Å². The minimum Gasteiger partial charge on any atom is -0.494 e. The largest absolute Gasteiger partial charge is 0.494 e. The van der Waals surface area contributed by atoms with Crippen molar-refractivity contribution < 1.29 is 19.1 Å². The van der Waals surface area contributed by atoms with Gasteiger partial charge in [-0.1, -0.05) is 30.3 Å². The lowest BCUT2D eigenvalue weighted by Crippen LogP contribution is -2.37. The number of nitrogens with zero attached hydrogens (tertiary/aromatic N) is 1. The van der Waals surface area contributed by atoms with E-state index in [0.29, 0.717) is 36.0 Å². The molecule has 3 aromatic rings. The maximum Gasteiger partial charge on any atom is 0.323 e. The van der Waals surface area contributed by atoms with Crippen molar-refractivity contribution in [3.8, 4) is 5.75 Å². The van der Waals surface area contributed by atoms with Crippen LogP contribution in [-0.2, 0) is 11.2 Å². The van der Waals surface area contributed by atoms with Crippen LogP contribution in [0.3, 0.4) is 0 Å². The highest BCUT2D eigenvalue weighted by atomic mass is 16.5. The minimum atomic E-state index is -0.380. The molecule has 41 heavy (non-hydrogen) atoms. The molecule has 2 fully saturated rings. The number of carbonyl (C=O) groups is 2. The molecule has 8 heteroatoms. The number of nitrogens with one attached hydrogen (secondary N) is 3. The fourth-order valence-electron chi connectivity index (χ4n) is 5.60. The van der Waals surface area contributed by atoms with Crippen LogP contribution in [-0.4, -0.2) is 50.9 Å². The van der Waals surface area contributed by atoms with E-state index >= 15 is 0 Å². The third-order valence-corrected chi connectivity index (χ3v) is 7.76. The highest BCUT2D eigenvalue weighted by Gasteiger charge is 2.25. The number of amides is 3. The van der Waals surface area contributed by atoms with Crippen LogP contribution in [0, 0.1) is 5.92 Å². The molecule has 2 aliphatic heterocycles. The van der Waals surface area contributed by atoms with E-state index in [2.05, 4.69) is 51.2 Å². The van der Waals surface area contributed by atoms with E-state index in [1.165, 1.54) is 5.56 Å². The number of benzene rings is 3. The monoisotopic (exact) mass is 556 g/mol. The first-order chi connectivity index (χ1) is 20.1. The molecule has 3 amide bonds. The molecule has 0 unspecified atom stereocenters. The first kappa shape index (κ1) is 28.5. The molecule has 8 nitrogen and oxygen atoms in total. The quantitative estimate of drug-likeness (QED) is 0.281. The Balaban J connectivity index is 1.26. The van der Waals surface area contributed by atoms with Crippen LogP contribution in [0.5, 0.6) is 5.75 Å². The summed E-state index contributed by atoms with van der Waals surface area (Å²) in [6, 6.07) is 23.0. The summed E-state index contributed by atoms with van der Waals surface area (Å²) in [6.45, 7) is 5.50. The lowest BCUT2D eigenvalue weighted by molar-refractivity contribution is 0.0858. The van der Waals surface area contributed by atoms with Gasteiger partial charge in [0.2, 0.25) is 0 Å². The summed E-state index contributed by atoms with van der Waals surface area (Å²) in [7, 11) is 0. The number of hydrogen-bond acceptors (Lipinski definition) is 5. The number of piperidine rings is 1. The van der Waals surface area contributed by atoms with Crippen molar-refractivity contribution in [1.82, 2.24) is 5.32 Å². The Hall–Kier alpha value is -4.04. The summed E-state index contributed by atoms with van der Waals surface area (Å²) in [4.78, 5) is 28.5. The molecule has 1 atom stereocenters. The lowest BCUT2D eigenvalue weighted by Gasteiger charge is -2.35. The van der Waals surface area contributed by atoms with Crippen molar-refractivity contribution >= 4 is 29.0 Å². The summed E-state index contributed by atoms with van der Waals surface area (Å²) in [6.07, 6.45) is 5.24. The Morgan fingerprint density at radius 3 is 2.37 bits per heavy atom. The standard InChI is InChI=1S/C33H40N4O4/c1-2-40-28-13-10-26(11-14-28)35-33(39)36-27-12-15-31(30(22-27)32(38)34-23-29-9-6-20-41-29)37-18-16-25(17-19-37)21-24-7-4-3-5-8-24/h3-5,7-8,10-15,22,25,29H,2,6,9,16-21,23H2,1H3,(H,34,38)(H2,35,36,39)/t29-/m1/s1. The summed E-state index contributed by atoms with van der Waals surface area (Å²) in [5.74, 6) is 1.21. The average molecular weight is 557 g/mol. The summed E-state index contributed by atoms with van der Waals surface area (Å²) in [5.41, 5.74) is 4.03. The minimum absolute atomic E-state index is 0.0531. The Kier molecular flexibility index (Phi) is 9.75. The Labute approximate surface area is 242 Å². The molecule has 2 aliphatic rings. The molecule has 216 valence electrons. The molecule has 3 N–H and O–H groups in total. The second-order valence-electron chi connectivity index (χ2n) is 10.7. The van der Waals surface area contributed by atoms with Gasteiger partial charge in [-0.25, -0.2) is 4.79 Å². The van der Waals surface area contributed by atoms with E-state index in [4.69, 9.17) is 9.47 Å². The lowest BCUT2D eigenvalue weighted by atomic mass is 9.89. The van der Waals surface area contributed by atoms with E-state index in [9.17, 15) is 9.59 Å². The molecule has 0 radical (unpaired) electrons. The number of anilines is 3. The molecule has 0 bridgehead atoms. The maximum absolute atomic E-state index is 13.5. The molecule has 2 saturated heterocycles. The molecule has 5 rings (SSSR count). The number of ether oxygens (including phenoxy) is 2. The molecule has 3 aromatic carbocycles. The van der Waals surface area contributed by atoms with E-state index in [-0.39, 0.29) is 18.0 Å². The third-order valence-electron chi connectivity index (χ3n) is 7.76. The zero-order valence-corrected chi connectivity index (χ0v) is 23.7. The highest BCUT2D eigenvalue weighted by Crippen LogP contribution is 2.30. The van der Waals surface area contributed by atoms with Gasteiger partial charge in [0.05, 0.1) is 18.3 Å². The molecule has 0 spiro atoms. The molecular weight excluding hydrogens is 516 g/mol. The fourth-order valence-corrected chi connectivity index (χ4v) is 5.60. The van der Waals surface area contributed by atoms with Crippen LogP contribution in [0.4, 0.5) is 21.9 Å². The number of urea groups is 1. The zero-order chi connectivity index (χ0) is 28.4. The topological polar surface area (TPSA) is 91.9 Å². The molecule has 0 saturated carbocycles. The van der Waals surface area contributed by atoms with E-state index in [0.717, 1.165) is 63.2 Å². The second kappa shape index (κ2) is 14.0. The number of carbonyl (C=O) groups excluding carboxylic acids is 2. The number of hydrogen-bond donors (Lipinski definition) is 3. The van der Waals surface area contributed by atoms with Gasteiger partial charge < -0.3 is 30.3 Å². The fraction of sp³-hybridized carbons (Fsp3) is 0.394. The normalized spacial score (nSPS) is 17.2. The smallest absolute Gasteiger partial charge is 0.323 e. The van der Waals surface area contributed by atoms with Crippen molar-refractivity contribution in [3.63, 3.8) is 0 Å². The van der Waals surface area contributed by atoms with Crippen molar-refractivity contribution in [1.29, 1.82) is 0 Å². The SMILES string of the molecule is CCOc1ccc(NC(=O)Nc2ccc(N3CCC(Cc4ccccc4)CC3)c(C(=O)NC[C@H]3CCCO3)c2)cc1. The van der Waals surface area contributed by atoms with Gasteiger partial charge in [0, 0.05) is 43.3 Å². The van der Waals surface area contributed by atoms with Gasteiger partial charge in [0.15, 0.2) is 0 Å².